The van der Waals surface area contributed by atoms with Gasteiger partial charge < -0.3 is 10.6 Å². The van der Waals surface area contributed by atoms with Crippen LogP contribution in [0.25, 0.3) is 0 Å². The van der Waals surface area contributed by atoms with Crippen LogP contribution >= 0.6 is 11.5 Å². The van der Waals surface area contributed by atoms with E-state index in [0.29, 0.717) is 6.54 Å². The molecule has 0 radical (unpaired) electrons. The van der Waals surface area contributed by atoms with Crippen LogP contribution in [-0.4, -0.2) is 22.4 Å². The van der Waals surface area contributed by atoms with E-state index in [9.17, 15) is 4.39 Å². The van der Waals surface area contributed by atoms with E-state index in [0.717, 1.165) is 36.0 Å². The number of anilines is 2. The number of aryl methyl sites for hydroxylation is 1. The van der Waals surface area contributed by atoms with E-state index in [1.807, 2.05) is 11.8 Å². The molecule has 0 unspecified atom stereocenters. The molecule has 19 heavy (non-hydrogen) atoms. The summed E-state index contributed by atoms with van der Waals surface area (Å²) in [6.45, 7) is 3.38. The van der Waals surface area contributed by atoms with Crippen molar-refractivity contribution in [1.29, 1.82) is 0 Å². The number of nitrogens with two attached hydrogens (primary N) is 1. The molecular formula is C13H17FN4S. The Morgan fingerprint density at radius 3 is 2.63 bits per heavy atom. The van der Waals surface area contributed by atoms with Crippen molar-refractivity contribution in [2.24, 2.45) is 5.73 Å². The van der Waals surface area contributed by atoms with Gasteiger partial charge >= 0.3 is 0 Å². The van der Waals surface area contributed by atoms with Crippen LogP contribution in [0.1, 0.15) is 19.2 Å². The molecule has 0 amide bonds. The summed E-state index contributed by atoms with van der Waals surface area (Å²) >= 11 is 1.36. The molecule has 1 aromatic heterocycles. The molecule has 2 N–H and O–H groups in total. The number of hydrogen-bond acceptors (Lipinski definition) is 5. The first kappa shape index (κ1) is 13.9. The van der Waals surface area contributed by atoms with Gasteiger partial charge in [0.05, 0.1) is 0 Å². The Hall–Kier alpha value is -1.53. The quantitative estimate of drug-likeness (QED) is 0.884. The summed E-state index contributed by atoms with van der Waals surface area (Å²) in [5.41, 5.74) is 6.48. The number of aromatic nitrogens is 2. The van der Waals surface area contributed by atoms with E-state index in [4.69, 9.17) is 5.73 Å². The van der Waals surface area contributed by atoms with Gasteiger partial charge in [-0.05, 0) is 37.2 Å². The number of halogens is 1. The summed E-state index contributed by atoms with van der Waals surface area (Å²) in [5.74, 6) is 0.592. The Kier molecular flexibility index (Phi) is 4.81. The molecule has 0 fully saturated rings. The summed E-state index contributed by atoms with van der Waals surface area (Å²) in [4.78, 5) is 6.51. The predicted molar refractivity (Wildman–Crippen MR) is 76.4 cm³/mol. The summed E-state index contributed by atoms with van der Waals surface area (Å²) in [6.07, 6.45) is 1.66. The van der Waals surface area contributed by atoms with Gasteiger partial charge in [-0.15, -0.1) is 0 Å². The molecule has 1 heterocycles. The van der Waals surface area contributed by atoms with Crippen molar-refractivity contribution in [3.8, 4) is 0 Å². The van der Waals surface area contributed by atoms with Crippen molar-refractivity contribution < 1.29 is 4.39 Å². The molecule has 0 aliphatic carbocycles. The highest BCUT2D eigenvalue weighted by Crippen LogP contribution is 2.27. The maximum absolute atomic E-state index is 13.0. The first-order chi connectivity index (χ1) is 9.24. The Balaban J connectivity index is 2.26. The van der Waals surface area contributed by atoms with Gasteiger partial charge in [0, 0.05) is 30.2 Å². The van der Waals surface area contributed by atoms with Gasteiger partial charge in [0.2, 0.25) is 5.13 Å². The van der Waals surface area contributed by atoms with Crippen LogP contribution < -0.4 is 10.6 Å². The minimum Gasteiger partial charge on any atom is -0.330 e. The second-order valence-corrected chi connectivity index (χ2v) is 4.85. The van der Waals surface area contributed by atoms with E-state index < -0.39 is 0 Å². The fourth-order valence-electron chi connectivity index (χ4n) is 1.70. The third kappa shape index (κ3) is 3.48. The molecular weight excluding hydrogens is 263 g/mol. The zero-order valence-electron chi connectivity index (χ0n) is 10.8. The number of nitrogens with zero attached hydrogens (tertiary/aromatic N) is 3. The van der Waals surface area contributed by atoms with Crippen molar-refractivity contribution in [3.63, 3.8) is 0 Å². The largest absolute Gasteiger partial charge is 0.330 e. The van der Waals surface area contributed by atoms with Gasteiger partial charge in [0.1, 0.15) is 11.6 Å². The summed E-state index contributed by atoms with van der Waals surface area (Å²) < 4.78 is 17.3. The topological polar surface area (TPSA) is 55.0 Å². The Bertz CT molecular complexity index is 512. The summed E-state index contributed by atoms with van der Waals surface area (Å²) in [5, 5.41) is 0.830. The predicted octanol–water partition coefficient (Wildman–Crippen LogP) is 2.73. The molecule has 0 spiro atoms. The van der Waals surface area contributed by atoms with E-state index in [2.05, 4.69) is 9.36 Å². The molecule has 0 saturated heterocycles. The van der Waals surface area contributed by atoms with Gasteiger partial charge in [-0.1, -0.05) is 6.92 Å². The number of rotatable bonds is 6. The standard InChI is InChI=1S/C13H17FN4S/c1-2-12-16-13(19-17-12)18(9-3-8-15)11-6-4-10(14)5-7-11/h4-7H,2-3,8-9,15H2,1H3. The lowest BCUT2D eigenvalue weighted by Gasteiger charge is -2.21. The van der Waals surface area contributed by atoms with Crippen LogP contribution in [-0.2, 0) is 6.42 Å². The lowest BCUT2D eigenvalue weighted by Crippen LogP contribution is -2.20. The molecule has 102 valence electrons. The minimum atomic E-state index is -0.242. The van der Waals surface area contributed by atoms with Crippen LogP contribution in [0.3, 0.4) is 0 Å². The van der Waals surface area contributed by atoms with E-state index in [1.54, 1.807) is 12.1 Å². The smallest absolute Gasteiger partial charge is 0.209 e. The second kappa shape index (κ2) is 6.58. The maximum atomic E-state index is 13.0. The first-order valence-electron chi connectivity index (χ1n) is 6.30. The van der Waals surface area contributed by atoms with Crippen molar-refractivity contribution in [2.75, 3.05) is 18.0 Å². The fourth-order valence-corrected chi connectivity index (χ4v) is 2.50. The molecule has 1 aromatic carbocycles. The monoisotopic (exact) mass is 280 g/mol. The van der Waals surface area contributed by atoms with Crippen LogP contribution in [0.4, 0.5) is 15.2 Å². The van der Waals surface area contributed by atoms with Crippen molar-refractivity contribution in [2.45, 2.75) is 19.8 Å². The van der Waals surface area contributed by atoms with Gasteiger partial charge in [0.25, 0.3) is 0 Å². The van der Waals surface area contributed by atoms with Gasteiger partial charge in [0.15, 0.2) is 0 Å². The van der Waals surface area contributed by atoms with Crippen LogP contribution in [0.5, 0.6) is 0 Å². The highest BCUT2D eigenvalue weighted by atomic mass is 32.1. The lowest BCUT2D eigenvalue weighted by molar-refractivity contribution is 0.627. The zero-order valence-corrected chi connectivity index (χ0v) is 11.7. The van der Waals surface area contributed by atoms with Crippen LogP contribution in [0.15, 0.2) is 24.3 Å². The SMILES string of the molecule is CCc1nsc(N(CCCN)c2ccc(F)cc2)n1. The molecule has 2 aromatic rings. The molecule has 0 atom stereocenters. The van der Waals surface area contributed by atoms with Crippen molar-refractivity contribution in [3.05, 3.63) is 35.9 Å². The third-order valence-corrected chi connectivity index (χ3v) is 3.51. The van der Waals surface area contributed by atoms with E-state index in [-0.39, 0.29) is 5.82 Å². The normalized spacial score (nSPS) is 10.7. The zero-order chi connectivity index (χ0) is 13.7. The van der Waals surface area contributed by atoms with Gasteiger partial charge in [-0.25, -0.2) is 9.37 Å². The average molecular weight is 280 g/mol. The average Bonchev–Trinajstić information content (AvgIpc) is 2.90. The van der Waals surface area contributed by atoms with Gasteiger partial charge in [-0.3, -0.25) is 0 Å². The Morgan fingerprint density at radius 1 is 1.32 bits per heavy atom. The van der Waals surface area contributed by atoms with Gasteiger partial charge in [-0.2, -0.15) is 4.37 Å². The molecule has 4 nitrogen and oxygen atoms in total. The maximum Gasteiger partial charge on any atom is 0.209 e. The van der Waals surface area contributed by atoms with Crippen molar-refractivity contribution >= 4 is 22.4 Å². The highest BCUT2D eigenvalue weighted by Gasteiger charge is 2.13. The molecule has 0 aliphatic heterocycles. The highest BCUT2D eigenvalue weighted by molar-refractivity contribution is 7.09. The van der Waals surface area contributed by atoms with E-state index in [1.165, 1.54) is 23.7 Å². The number of hydrogen-bond donors (Lipinski definition) is 1. The molecule has 0 aliphatic rings. The second-order valence-electron chi connectivity index (χ2n) is 4.12. The summed E-state index contributed by atoms with van der Waals surface area (Å²) in [6, 6.07) is 6.40. The molecule has 0 saturated carbocycles. The minimum absolute atomic E-state index is 0.242. The molecule has 6 heteroatoms. The fraction of sp³-hybridized carbons (Fsp3) is 0.385. The first-order valence-corrected chi connectivity index (χ1v) is 7.07. The lowest BCUT2D eigenvalue weighted by atomic mass is 10.2. The third-order valence-electron chi connectivity index (χ3n) is 2.73. The van der Waals surface area contributed by atoms with Crippen molar-refractivity contribution in [1.82, 2.24) is 9.36 Å². The Labute approximate surface area is 116 Å². The van der Waals surface area contributed by atoms with Crippen LogP contribution in [0, 0.1) is 5.82 Å². The molecule has 2 rings (SSSR count). The summed E-state index contributed by atoms with van der Waals surface area (Å²) in [7, 11) is 0. The number of benzene rings is 1. The van der Waals surface area contributed by atoms with E-state index >= 15 is 0 Å². The Morgan fingerprint density at radius 2 is 2.05 bits per heavy atom. The van der Waals surface area contributed by atoms with Crippen LogP contribution in [0.2, 0.25) is 0 Å². The molecule has 0 bridgehead atoms.